The molecule has 0 aliphatic heterocycles. The molecule has 0 amide bonds. The molecule has 0 unspecified atom stereocenters. The number of hydrogen-bond donors (Lipinski definition) is 0. The fourth-order valence-corrected chi connectivity index (χ4v) is 1.47. The number of Topliss-reactive ketones (excluding diaryl/α,β-unsaturated/α-hetero) is 1. The van der Waals surface area contributed by atoms with Crippen molar-refractivity contribution in [3.05, 3.63) is 29.8 Å². The van der Waals surface area contributed by atoms with Crippen molar-refractivity contribution in [2.75, 3.05) is 13.2 Å². The normalized spacial score (nSPS) is 11.3. The Kier molecular flexibility index (Phi) is 5.35. The number of rotatable bonds is 6. The smallest absolute Gasteiger partial charge is 0.162 e. The van der Waals surface area contributed by atoms with Gasteiger partial charge in [0.1, 0.15) is 12.4 Å². The van der Waals surface area contributed by atoms with E-state index < -0.39 is 0 Å². The minimum atomic E-state index is -0.149. The summed E-state index contributed by atoms with van der Waals surface area (Å²) in [6, 6.07) is 7.28. The Hall–Kier alpha value is -1.35. The summed E-state index contributed by atoms with van der Waals surface area (Å²) in [5.41, 5.74) is 0.551. The van der Waals surface area contributed by atoms with E-state index in [1.807, 2.05) is 45.9 Å². The standard InChI is InChI=1S/C15H22O3/c1-5-14(16)12-7-6-8-13(11-12)17-9-10-18-15(2,3)4/h6-8,11H,5,9-10H2,1-4H3. The molecule has 1 aromatic carbocycles. The van der Waals surface area contributed by atoms with Gasteiger partial charge in [-0.25, -0.2) is 0 Å². The first-order valence-corrected chi connectivity index (χ1v) is 6.32. The highest BCUT2D eigenvalue weighted by Crippen LogP contribution is 2.15. The van der Waals surface area contributed by atoms with E-state index in [0.717, 1.165) is 0 Å². The van der Waals surface area contributed by atoms with E-state index in [-0.39, 0.29) is 11.4 Å². The second-order valence-electron chi connectivity index (χ2n) is 5.11. The van der Waals surface area contributed by atoms with Crippen LogP contribution in [-0.4, -0.2) is 24.6 Å². The molecule has 0 aliphatic carbocycles. The van der Waals surface area contributed by atoms with E-state index in [1.54, 1.807) is 6.07 Å². The average molecular weight is 250 g/mol. The second-order valence-corrected chi connectivity index (χ2v) is 5.11. The monoisotopic (exact) mass is 250 g/mol. The van der Waals surface area contributed by atoms with Gasteiger partial charge in [0, 0.05) is 12.0 Å². The molecular weight excluding hydrogens is 228 g/mol. The fourth-order valence-electron chi connectivity index (χ4n) is 1.47. The van der Waals surface area contributed by atoms with Gasteiger partial charge in [0.05, 0.1) is 12.2 Å². The van der Waals surface area contributed by atoms with Crippen LogP contribution in [0.2, 0.25) is 0 Å². The molecule has 0 N–H and O–H groups in total. The average Bonchev–Trinajstić information content (AvgIpc) is 2.33. The highest BCUT2D eigenvalue weighted by Gasteiger charge is 2.09. The van der Waals surface area contributed by atoms with Gasteiger partial charge in [0.25, 0.3) is 0 Å². The van der Waals surface area contributed by atoms with E-state index in [2.05, 4.69) is 0 Å². The van der Waals surface area contributed by atoms with Gasteiger partial charge in [-0.15, -0.1) is 0 Å². The number of hydrogen-bond acceptors (Lipinski definition) is 3. The van der Waals surface area contributed by atoms with Crippen molar-refractivity contribution in [1.82, 2.24) is 0 Å². The van der Waals surface area contributed by atoms with Gasteiger partial charge in [-0.2, -0.15) is 0 Å². The summed E-state index contributed by atoms with van der Waals surface area (Å²) in [6.07, 6.45) is 0.511. The van der Waals surface area contributed by atoms with Crippen LogP contribution in [0.25, 0.3) is 0 Å². The lowest BCUT2D eigenvalue weighted by molar-refractivity contribution is -0.0163. The highest BCUT2D eigenvalue weighted by molar-refractivity contribution is 5.96. The zero-order valence-electron chi connectivity index (χ0n) is 11.7. The van der Waals surface area contributed by atoms with E-state index in [4.69, 9.17) is 9.47 Å². The zero-order valence-corrected chi connectivity index (χ0v) is 11.7. The Bertz CT molecular complexity index is 391. The lowest BCUT2D eigenvalue weighted by atomic mass is 10.1. The molecule has 0 radical (unpaired) electrons. The number of carbonyl (C=O) groups is 1. The molecule has 0 spiro atoms. The van der Waals surface area contributed by atoms with Crippen molar-refractivity contribution < 1.29 is 14.3 Å². The minimum absolute atomic E-state index is 0.131. The predicted octanol–water partition coefficient (Wildman–Crippen LogP) is 3.47. The molecule has 100 valence electrons. The Morgan fingerprint density at radius 2 is 1.94 bits per heavy atom. The molecule has 0 fully saturated rings. The number of benzene rings is 1. The highest BCUT2D eigenvalue weighted by atomic mass is 16.5. The Balaban J connectivity index is 2.45. The number of carbonyl (C=O) groups excluding carboxylic acids is 1. The van der Waals surface area contributed by atoms with Gasteiger partial charge < -0.3 is 9.47 Å². The molecular formula is C15H22O3. The Morgan fingerprint density at radius 1 is 1.22 bits per heavy atom. The molecule has 3 nitrogen and oxygen atoms in total. The summed E-state index contributed by atoms with van der Waals surface area (Å²) in [6.45, 7) is 8.90. The van der Waals surface area contributed by atoms with Crippen LogP contribution < -0.4 is 4.74 Å². The molecule has 0 atom stereocenters. The van der Waals surface area contributed by atoms with Crippen LogP contribution in [0.4, 0.5) is 0 Å². The maximum Gasteiger partial charge on any atom is 0.162 e. The number of ketones is 1. The summed E-state index contributed by atoms with van der Waals surface area (Å²) in [5.74, 6) is 0.846. The van der Waals surface area contributed by atoms with Crippen LogP contribution in [0.5, 0.6) is 5.75 Å². The van der Waals surface area contributed by atoms with Gasteiger partial charge in [-0.1, -0.05) is 19.1 Å². The maximum atomic E-state index is 11.5. The van der Waals surface area contributed by atoms with Crippen LogP contribution in [0.15, 0.2) is 24.3 Å². The van der Waals surface area contributed by atoms with Crippen molar-refractivity contribution in [1.29, 1.82) is 0 Å². The summed E-state index contributed by atoms with van der Waals surface area (Å²) >= 11 is 0. The molecule has 0 saturated heterocycles. The van der Waals surface area contributed by atoms with Gasteiger partial charge in [0.15, 0.2) is 5.78 Å². The second kappa shape index (κ2) is 6.55. The van der Waals surface area contributed by atoms with Crippen molar-refractivity contribution in [3.63, 3.8) is 0 Å². The van der Waals surface area contributed by atoms with Crippen LogP contribution >= 0.6 is 0 Å². The first-order valence-electron chi connectivity index (χ1n) is 6.32. The molecule has 3 heteroatoms. The third-order valence-corrected chi connectivity index (χ3v) is 2.36. The molecule has 0 aromatic heterocycles. The number of ether oxygens (including phenoxy) is 2. The van der Waals surface area contributed by atoms with Crippen molar-refractivity contribution in [2.24, 2.45) is 0 Å². The van der Waals surface area contributed by atoms with Gasteiger partial charge in [-0.05, 0) is 32.9 Å². The Morgan fingerprint density at radius 3 is 2.56 bits per heavy atom. The van der Waals surface area contributed by atoms with E-state index >= 15 is 0 Å². The first kappa shape index (κ1) is 14.7. The predicted molar refractivity (Wildman–Crippen MR) is 72.3 cm³/mol. The van der Waals surface area contributed by atoms with Crippen molar-refractivity contribution >= 4 is 5.78 Å². The van der Waals surface area contributed by atoms with Gasteiger partial charge in [0.2, 0.25) is 0 Å². The zero-order chi connectivity index (χ0) is 13.6. The van der Waals surface area contributed by atoms with Crippen LogP contribution in [-0.2, 0) is 4.74 Å². The lowest BCUT2D eigenvalue weighted by Crippen LogP contribution is -2.22. The van der Waals surface area contributed by atoms with Crippen LogP contribution in [0, 0.1) is 0 Å². The summed E-state index contributed by atoms with van der Waals surface area (Å²) in [7, 11) is 0. The Labute approximate surface area is 109 Å². The van der Waals surface area contributed by atoms with E-state index in [0.29, 0.717) is 30.9 Å². The molecule has 0 heterocycles. The van der Waals surface area contributed by atoms with Crippen LogP contribution in [0.3, 0.4) is 0 Å². The third kappa shape index (κ3) is 5.32. The maximum absolute atomic E-state index is 11.5. The SMILES string of the molecule is CCC(=O)c1cccc(OCCOC(C)(C)C)c1. The lowest BCUT2D eigenvalue weighted by Gasteiger charge is -2.19. The van der Waals surface area contributed by atoms with Gasteiger partial charge in [-0.3, -0.25) is 4.79 Å². The molecule has 18 heavy (non-hydrogen) atoms. The third-order valence-electron chi connectivity index (χ3n) is 2.36. The minimum Gasteiger partial charge on any atom is -0.491 e. The largest absolute Gasteiger partial charge is 0.491 e. The summed E-state index contributed by atoms with van der Waals surface area (Å²) in [4.78, 5) is 11.5. The van der Waals surface area contributed by atoms with Crippen LogP contribution in [0.1, 0.15) is 44.5 Å². The quantitative estimate of drug-likeness (QED) is 0.573. The molecule has 1 aromatic rings. The van der Waals surface area contributed by atoms with E-state index in [9.17, 15) is 4.79 Å². The molecule has 0 bridgehead atoms. The van der Waals surface area contributed by atoms with Crippen molar-refractivity contribution in [3.8, 4) is 5.75 Å². The summed E-state index contributed by atoms with van der Waals surface area (Å²) in [5, 5.41) is 0. The molecule has 0 aliphatic rings. The van der Waals surface area contributed by atoms with Gasteiger partial charge >= 0.3 is 0 Å². The molecule has 0 saturated carbocycles. The van der Waals surface area contributed by atoms with Crippen molar-refractivity contribution in [2.45, 2.75) is 39.7 Å². The first-order chi connectivity index (χ1) is 8.42. The topological polar surface area (TPSA) is 35.5 Å². The fraction of sp³-hybridized carbons (Fsp3) is 0.533. The summed E-state index contributed by atoms with van der Waals surface area (Å²) < 4.78 is 11.1. The molecule has 1 rings (SSSR count). The van der Waals surface area contributed by atoms with E-state index in [1.165, 1.54) is 0 Å².